The minimum absolute atomic E-state index is 0.00622. The van der Waals surface area contributed by atoms with Crippen molar-refractivity contribution in [3.05, 3.63) is 66.7 Å². The zero-order chi connectivity index (χ0) is 20.4. The Kier molecular flexibility index (Phi) is 5.21. The van der Waals surface area contributed by atoms with E-state index in [4.69, 9.17) is 4.74 Å². The van der Waals surface area contributed by atoms with E-state index in [1.54, 1.807) is 16.7 Å². The van der Waals surface area contributed by atoms with Gasteiger partial charge in [-0.25, -0.2) is 0 Å². The SMILES string of the molecule is CCN(C(=O)CCN1C(=O)C(C)Oc2ccccc21)c1cccc2ccccc12. The second-order valence-electron chi connectivity index (χ2n) is 7.10. The van der Waals surface area contributed by atoms with Crippen LogP contribution < -0.4 is 14.5 Å². The number of hydrogen-bond donors (Lipinski definition) is 0. The van der Waals surface area contributed by atoms with Crippen molar-refractivity contribution in [3.63, 3.8) is 0 Å². The highest BCUT2D eigenvalue weighted by Gasteiger charge is 2.31. The Hall–Kier alpha value is -3.34. The molecule has 1 heterocycles. The molecule has 1 atom stereocenters. The first kappa shape index (κ1) is 19.0. The summed E-state index contributed by atoms with van der Waals surface area (Å²) in [4.78, 5) is 29.2. The molecule has 1 unspecified atom stereocenters. The Bertz CT molecular complexity index is 1060. The molecule has 0 fully saturated rings. The highest BCUT2D eigenvalue weighted by molar-refractivity contribution is 6.05. The van der Waals surface area contributed by atoms with Crippen LogP contribution in [0.25, 0.3) is 10.8 Å². The van der Waals surface area contributed by atoms with Gasteiger partial charge < -0.3 is 14.5 Å². The molecule has 2 amide bonds. The van der Waals surface area contributed by atoms with Crippen molar-refractivity contribution in [2.75, 3.05) is 22.9 Å². The van der Waals surface area contributed by atoms with Crippen LogP contribution in [0.1, 0.15) is 20.3 Å². The van der Waals surface area contributed by atoms with Crippen molar-refractivity contribution >= 4 is 34.0 Å². The highest BCUT2D eigenvalue weighted by atomic mass is 16.5. The van der Waals surface area contributed by atoms with Crippen LogP contribution in [0, 0.1) is 0 Å². The molecular weight excluding hydrogens is 364 g/mol. The van der Waals surface area contributed by atoms with Crippen LogP contribution in [0.4, 0.5) is 11.4 Å². The van der Waals surface area contributed by atoms with Gasteiger partial charge in [-0.15, -0.1) is 0 Å². The van der Waals surface area contributed by atoms with Crippen molar-refractivity contribution < 1.29 is 14.3 Å². The first-order valence-electron chi connectivity index (χ1n) is 9.95. The molecule has 1 aliphatic heterocycles. The molecular formula is C24H24N2O3. The van der Waals surface area contributed by atoms with Gasteiger partial charge in [-0.05, 0) is 37.4 Å². The van der Waals surface area contributed by atoms with Crippen molar-refractivity contribution in [2.24, 2.45) is 0 Å². The minimum Gasteiger partial charge on any atom is -0.479 e. The van der Waals surface area contributed by atoms with Gasteiger partial charge in [-0.1, -0.05) is 48.5 Å². The number of carbonyl (C=O) groups excluding carboxylic acids is 2. The van der Waals surface area contributed by atoms with E-state index in [1.165, 1.54) is 0 Å². The Labute approximate surface area is 170 Å². The zero-order valence-electron chi connectivity index (χ0n) is 16.7. The first-order chi connectivity index (χ1) is 14.1. The van der Waals surface area contributed by atoms with Gasteiger partial charge >= 0.3 is 0 Å². The second kappa shape index (κ2) is 7.95. The van der Waals surface area contributed by atoms with E-state index < -0.39 is 6.10 Å². The van der Waals surface area contributed by atoms with Gasteiger partial charge in [0, 0.05) is 24.9 Å². The molecule has 0 radical (unpaired) electrons. The molecule has 0 aliphatic carbocycles. The maximum absolute atomic E-state index is 13.1. The Balaban J connectivity index is 1.56. The minimum atomic E-state index is -0.555. The number of anilines is 2. The number of hydrogen-bond acceptors (Lipinski definition) is 3. The predicted molar refractivity (Wildman–Crippen MR) is 115 cm³/mol. The summed E-state index contributed by atoms with van der Waals surface area (Å²) in [6.07, 6.45) is -0.315. The third-order valence-electron chi connectivity index (χ3n) is 5.30. The molecule has 0 N–H and O–H groups in total. The predicted octanol–water partition coefficient (Wildman–Crippen LogP) is 4.40. The van der Waals surface area contributed by atoms with Crippen molar-refractivity contribution in [1.29, 1.82) is 0 Å². The summed E-state index contributed by atoms with van der Waals surface area (Å²) in [5.74, 6) is 0.548. The van der Waals surface area contributed by atoms with Gasteiger partial charge in [-0.3, -0.25) is 9.59 Å². The Morgan fingerprint density at radius 2 is 1.76 bits per heavy atom. The lowest BCUT2D eigenvalue weighted by Gasteiger charge is -2.33. The van der Waals surface area contributed by atoms with E-state index in [1.807, 2.05) is 73.7 Å². The summed E-state index contributed by atoms with van der Waals surface area (Å²) in [6.45, 7) is 4.60. The third-order valence-corrected chi connectivity index (χ3v) is 5.30. The van der Waals surface area contributed by atoms with Crippen LogP contribution in [-0.2, 0) is 9.59 Å². The van der Waals surface area contributed by atoms with Gasteiger partial charge in [0.15, 0.2) is 6.10 Å². The second-order valence-corrected chi connectivity index (χ2v) is 7.10. The largest absolute Gasteiger partial charge is 0.479 e. The highest BCUT2D eigenvalue weighted by Crippen LogP contribution is 2.34. The average Bonchev–Trinajstić information content (AvgIpc) is 2.75. The lowest BCUT2D eigenvalue weighted by molar-refractivity contribution is -0.125. The number of rotatable bonds is 5. The van der Waals surface area contributed by atoms with Crippen LogP contribution >= 0.6 is 0 Å². The topological polar surface area (TPSA) is 49.9 Å². The Morgan fingerprint density at radius 1 is 1.03 bits per heavy atom. The van der Waals surface area contributed by atoms with Crippen LogP contribution in [0.2, 0.25) is 0 Å². The first-order valence-corrected chi connectivity index (χ1v) is 9.95. The van der Waals surface area contributed by atoms with Crippen molar-refractivity contribution in [2.45, 2.75) is 26.4 Å². The maximum Gasteiger partial charge on any atom is 0.267 e. The molecule has 0 bridgehead atoms. The summed E-state index contributed by atoms with van der Waals surface area (Å²) < 4.78 is 5.68. The van der Waals surface area contributed by atoms with Crippen molar-refractivity contribution in [3.8, 4) is 5.75 Å². The van der Waals surface area contributed by atoms with Gasteiger partial charge in [0.25, 0.3) is 5.91 Å². The van der Waals surface area contributed by atoms with E-state index in [0.29, 0.717) is 18.8 Å². The number of carbonyl (C=O) groups is 2. The van der Waals surface area contributed by atoms with Crippen LogP contribution in [-0.4, -0.2) is 31.0 Å². The fourth-order valence-corrected chi connectivity index (χ4v) is 3.86. The molecule has 5 nitrogen and oxygen atoms in total. The smallest absolute Gasteiger partial charge is 0.267 e. The van der Waals surface area contributed by atoms with Gasteiger partial charge in [0.05, 0.1) is 11.4 Å². The Morgan fingerprint density at radius 3 is 2.59 bits per heavy atom. The van der Waals surface area contributed by atoms with E-state index in [-0.39, 0.29) is 18.2 Å². The van der Waals surface area contributed by atoms with E-state index in [0.717, 1.165) is 22.1 Å². The van der Waals surface area contributed by atoms with E-state index >= 15 is 0 Å². The van der Waals surface area contributed by atoms with Crippen LogP contribution in [0.15, 0.2) is 66.7 Å². The molecule has 3 aromatic rings. The monoisotopic (exact) mass is 388 g/mol. The average molecular weight is 388 g/mol. The number of amides is 2. The standard InChI is InChI=1S/C24H24N2O3/c1-3-25(20-13-8-10-18-9-4-5-11-19(18)20)23(27)15-16-26-21-12-6-7-14-22(21)29-17(2)24(26)28/h4-14,17H,3,15-16H2,1-2H3. The molecule has 0 aromatic heterocycles. The summed E-state index contributed by atoms with van der Waals surface area (Å²) >= 11 is 0. The molecule has 4 rings (SSSR count). The molecule has 148 valence electrons. The van der Waals surface area contributed by atoms with Crippen LogP contribution in [0.5, 0.6) is 5.75 Å². The summed E-state index contributed by atoms with van der Waals surface area (Å²) in [5.41, 5.74) is 1.62. The zero-order valence-corrected chi connectivity index (χ0v) is 16.7. The number of benzene rings is 3. The summed E-state index contributed by atoms with van der Waals surface area (Å²) in [6, 6.07) is 21.5. The van der Waals surface area contributed by atoms with Crippen LogP contribution in [0.3, 0.4) is 0 Å². The molecule has 1 aliphatic rings. The molecule has 3 aromatic carbocycles. The maximum atomic E-state index is 13.1. The quantitative estimate of drug-likeness (QED) is 0.651. The third kappa shape index (κ3) is 3.56. The molecule has 5 heteroatoms. The van der Waals surface area contributed by atoms with Gasteiger partial charge in [-0.2, -0.15) is 0 Å². The van der Waals surface area contributed by atoms with E-state index in [2.05, 4.69) is 0 Å². The summed E-state index contributed by atoms with van der Waals surface area (Å²) in [5, 5.41) is 2.15. The molecule has 0 spiro atoms. The van der Waals surface area contributed by atoms with Gasteiger partial charge in [0.2, 0.25) is 5.91 Å². The number of fused-ring (bicyclic) bond motifs is 2. The number of ether oxygens (including phenoxy) is 1. The normalized spacial score (nSPS) is 15.7. The number of nitrogens with zero attached hydrogens (tertiary/aromatic N) is 2. The fourth-order valence-electron chi connectivity index (χ4n) is 3.86. The van der Waals surface area contributed by atoms with Crippen molar-refractivity contribution in [1.82, 2.24) is 0 Å². The van der Waals surface area contributed by atoms with E-state index in [9.17, 15) is 9.59 Å². The number of para-hydroxylation sites is 2. The molecule has 0 saturated heterocycles. The lowest BCUT2D eigenvalue weighted by atomic mass is 10.1. The van der Waals surface area contributed by atoms with Gasteiger partial charge in [0.1, 0.15) is 5.75 Å². The molecule has 0 saturated carbocycles. The fraction of sp³-hybridized carbons (Fsp3) is 0.250. The lowest BCUT2D eigenvalue weighted by Crippen LogP contribution is -2.46. The molecule has 29 heavy (non-hydrogen) atoms. The summed E-state index contributed by atoms with van der Waals surface area (Å²) in [7, 11) is 0.